The number of nitrogens with zero attached hydrogens (tertiary/aromatic N) is 2. The van der Waals surface area contributed by atoms with Crippen molar-refractivity contribution in [2.45, 2.75) is 17.9 Å². The summed E-state index contributed by atoms with van der Waals surface area (Å²) in [4.78, 5) is 19.7. The van der Waals surface area contributed by atoms with Gasteiger partial charge in [0.25, 0.3) is 0 Å². The monoisotopic (exact) mass is 390 g/mol. The van der Waals surface area contributed by atoms with Crippen molar-refractivity contribution in [2.24, 2.45) is 0 Å². The van der Waals surface area contributed by atoms with Crippen molar-refractivity contribution in [2.75, 3.05) is 13.6 Å². The summed E-state index contributed by atoms with van der Waals surface area (Å²) in [5.41, 5.74) is 1.63. The number of carbonyl (C=O) groups excluding carboxylic acids is 1. The van der Waals surface area contributed by atoms with Gasteiger partial charge in [-0.2, -0.15) is 4.31 Å². The van der Waals surface area contributed by atoms with Crippen molar-refractivity contribution < 1.29 is 17.6 Å². The number of carbonyl (C=O) groups is 1. The Bertz CT molecular complexity index is 1030. The highest BCUT2D eigenvalue weighted by Gasteiger charge is 2.24. The maximum atomic E-state index is 13.0. The first-order valence-electron chi connectivity index (χ1n) is 8.23. The van der Waals surface area contributed by atoms with Crippen LogP contribution >= 0.6 is 0 Å². The first kappa shape index (κ1) is 19.0. The molecule has 2 aromatic carbocycles. The van der Waals surface area contributed by atoms with Crippen molar-refractivity contribution in [3.63, 3.8) is 0 Å². The lowest BCUT2D eigenvalue weighted by atomic mass is 10.3. The molecule has 0 spiro atoms. The van der Waals surface area contributed by atoms with E-state index in [1.54, 1.807) is 6.92 Å². The molecule has 0 saturated carbocycles. The standard InChI is InChI=1S/C18H19FN4O3S/c1-12(18-21-15-5-3-4-6-16(15)22-18)20-17(24)11-23(2)27(25,26)14-9-7-13(19)8-10-14/h3-10,12H,11H2,1-2H3,(H,20,24)(H,21,22). The third kappa shape index (κ3) is 4.15. The van der Waals surface area contributed by atoms with E-state index in [0.717, 1.165) is 39.6 Å². The van der Waals surface area contributed by atoms with Gasteiger partial charge in [-0.15, -0.1) is 0 Å². The second kappa shape index (κ2) is 7.45. The van der Waals surface area contributed by atoms with Crippen LogP contribution in [0.3, 0.4) is 0 Å². The van der Waals surface area contributed by atoms with Crippen LogP contribution in [0.2, 0.25) is 0 Å². The fraction of sp³-hybridized carbons (Fsp3) is 0.222. The number of amides is 1. The van der Waals surface area contributed by atoms with Crippen LogP contribution in [0.4, 0.5) is 4.39 Å². The van der Waals surface area contributed by atoms with Crippen molar-refractivity contribution in [1.29, 1.82) is 0 Å². The number of rotatable bonds is 6. The van der Waals surface area contributed by atoms with Gasteiger partial charge in [-0.1, -0.05) is 12.1 Å². The average molecular weight is 390 g/mol. The van der Waals surface area contributed by atoms with E-state index in [1.807, 2.05) is 24.3 Å². The first-order valence-corrected chi connectivity index (χ1v) is 9.67. The minimum absolute atomic E-state index is 0.0791. The zero-order valence-corrected chi connectivity index (χ0v) is 15.6. The molecular weight excluding hydrogens is 371 g/mol. The Balaban J connectivity index is 1.66. The topological polar surface area (TPSA) is 95.2 Å². The zero-order chi connectivity index (χ0) is 19.6. The molecule has 0 saturated heterocycles. The van der Waals surface area contributed by atoms with Gasteiger partial charge in [0.1, 0.15) is 11.6 Å². The highest BCUT2D eigenvalue weighted by Crippen LogP contribution is 2.17. The number of sulfonamides is 1. The van der Waals surface area contributed by atoms with Gasteiger partial charge in [0.05, 0.1) is 28.5 Å². The quantitative estimate of drug-likeness (QED) is 0.675. The number of nitrogens with one attached hydrogen (secondary N) is 2. The Morgan fingerprint density at radius 1 is 1.22 bits per heavy atom. The largest absolute Gasteiger partial charge is 0.345 e. The molecular formula is C18H19FN4O3S. The van der Waals surface area contributed by atoms with E-state index in [1.165, 1.54) is 7.05 Å². The molecule has 1 unspecified atom stereocenters. The van der Waals surface area contributed by atoms with E-state index in [-0.39, 0.29) is 11.4 Å². The number of aromatic nitrogens is 2. The Morgan fingerprint density at radius 3 is 2.56 bits per heavy atom. The number of aromatic amines is 1. The number of hydrogen-bond acceptors (Lipinski definition) is 4. The lowest BCUT2D eigenvalue weighted by molar-refractivity contribution is -0.121. The Kier molecular flexibility index (Phi) is 5.24. The molecule has 1 heterocycles. The molecule has 3 rings (SSSR count). The molecule has 1 aromatic heterocycles. The molecule has 0 aliphatic rings. The summed E-state index contributed by atoms with van der Waals surface area (Å²) >= 11 is 0. The average Bonchev–Trinajstić information content (AvgIpc) is 3.06. The Hall–Kier alpha value is -2.78. The fourth-order valence-electron chi connectivity index (χ4n) is 2.61. The van der Waals surface area contributed by atoms with Crippen LogP contribution < -0.4 is 5.32 Å². The maximum absolute atomic E-state index is 13.0. The van der Waals surface area contributed by atoms with Crippen molar-refractivity contribution in [1.82, 2.24) is 19.6 Å². The first-order chi connectivity index (χ1) is 12.8. The number of hydrogen-bond donors (Lipinski definition) is 2. The second-order valence-electron chi connectivity index (χ2n) is 6.14. The van der Waals surface area contributed by atoms with Gasteiger partial charge < -0.3 is 10.3 Å². The van der Waals surface area contributed by atoms with Gasteiger partial charge in [-0.3, -0.25) is 4.79 Å². The molecule has 0 fully saturated rings. The van der Waals surface area contributed by atoms with Crippen LogP contribution in [0.1, 0.15) is 18.8 Å². The van der Waals surface area contributed by atoms with Crippen LogP contribution in [-0.2, 0) is 14.8 Å². The van der Waals surface area contributed by atoms with Gasteiger partial charge in [0.2, 0.25) is 15.9 Å². The molecule has 1 atom stereocenters. The summed E-state index contributed by atoms with van der Waals surface area (Å²) in [7, 11) is -2.59. The van der Waals surface area contributed by atoms with Crippen molar-refractivity contribution in [3.8, 4) is 0 Å². The highest BCUT2D eigenvalue weighted by atomic mass is 32.2. The number of halogens is 1. The van der Waals surface area contributed by atoms with Gasteiger partial charge >= 0.3 is 0 Å². The van der Waals surface area contributed by atoms with Gasteiger partial charge in [0, 0.05) is 7.05 Å². The summed E-state index contributed by atoms with van der Waals surface area (Å²) in [5, 5.41) is 2.72. The summed E-state index contributed by atoms with van der Waals surface area (Å²) in [5.74, 6) is -0.432. The maximum Gasteiger partial charge on any atom is 0.243 e. The van der Waals surface area contributed by atoms with Crippen LogP contribution in [0, 0.1) is 5.82 Å². The van der Waals surface area contributed by atoms with E-state index < -0.39 is 27.8 Å². The third-order valence-electron chi connectivity index (χ3n) is 4.08. The zero-order valence-electron chi connectivity index (χ0n) is 14.8. The minimum atomic E-state index is -3.89. The predicted molar refractivity (Wildman–Crippen MR) is 98.9 cm³/mol. The molecule has 1 amide bonds. The molecule has 27 heavy (non-hydrogen) atoms. The van der Waals surface area contributed by atoms with E-state index >= 15 is 0 Å². The molecule has 142 valence electrons. The highest BCUT2D eigenvalue weighted by molar-refractivity contribution is 7.89. The molecule has 0 aliphatic heterocycles. The summed E-state index contributed by atoms with van der Waals surface area (Å²) in [6, 6.07) is 11.5. The van der Waals surface area contributed by atoms with Crippen LogP contribution in [0.25, 0.3) is 11.0 Å². The third-order valence-corrected chi connectivity index (χ3v) is 5.90. The van der Waals surface area contributed by atoms with Gasteiger partial charge in [-0.05, 0) is 43.3 Å². The molecule has 3 aromatic rings. The second-order valence-corrected chi connectivity index (χ2v) is 8.19. The normalized spacial score (nSPS) is 13.0. The lowest BCUT2D eigenvalue weighted by Crippen LogP contribution is -2.39. The summed E-state index contributed by atoms with van der Waals surface area (Å²) in [6.45, 7) is 1.38. The smallest absolute Gasteiger partial charge is 0.243 e. The number of fused-ring (bicyclic) bond motifs is 1. The molecule has 7 nitrogen and oxygen atoms in total. The van der Waals surface area contributed by atoms with Crippen LogP contribution in [0.5, 0.6) is 0 Å². The Morgan fingerprint density at radius 2 is 1.89 bits per heavy atom. The number of para-hydroxylation sites is 2. The van der Waals surface area contributed by atoms with E-state index in [2.05, 4.69) is 15.3 Å². The van der Waals surface area contributed by atoms with E-state index in [9.17, 15) is 17.6 Å². The lowest BCUT2D eigenvalue weighted by Gasteiger charge is -2.18. The van der Waals surface area contributed by atoms with Crippen molar-refractivity contribution >= 4 is 27.0 Å². The predicted octanol–water partition coefficient (Wildman–Crippen LogP) is 2.20. The van der Waals surface area contributed by atoms with E-state index in [4.69, 9.17) is 0 Å². The molecule has 2 N–H and O–H groups in total. The number of H-pyrrole nitrogens is 1. The summed E-state index contributed by atoms with van der Waals surface area (Å²) in [6.07, 6.45) is 0. The number of imidazole rings is 1. The van der Waals surface area contributed by atoms with Crippen LogP contribution in [0.15, 0.2) is 53.4 Å². The fourth-order valence-corrected chi connectivity index (χ4v) is 3.73. The molecule has 9 heteroatoms. The van der Waals surface area contributed by atoms with Gasteiger partial charge in [-0.25, -0.2) is 17.8 Å². The minimum Gasteiger partial charge on any atom is -0.345 e. The van der Waals surface area contributed by atoms with E-state index in [0.29, 0.717) is 5.82 Å². The van der Waals surface area contributed by atoms with Crippen LogP contribution in [-0.4, -0.2) is 42.2 Å². The number of benzene rings is 2. The SMILES string of the molecule is CC(NC(=O)CN(C)S(=O)(=O)c1ccc(F)cc1)c1nc2ccccc2[nH]1. The molecule has 0 bridgehead atoms. The molecule has 0 radical (unpaired) electrons. The number of likely N-dealkylation sites (N-methyl/N-ethyl adjacent to an activating group) is 1. The van der Waals surface area contributed by atoms with Gasteiger partial charge in [0.15, 0.2) is 0 Å². The molecule has 0 aliphatic carbocycles. The van der Waals surface area contributed by atoms with Crippen molar-refractivity contribution in [3.05, 3.63) is 60.2 Å². The Labute approximate surface area is 156 Å². The summed E-state index contributed by atoms with van der Waals surface area (Å²) < 4.78 is 38.8.